The Bertz CT molecular complexity index is 844. The smallest absolute Gasteiger partial charge is 0.249 e. The fraction of sp³-hybridized carbons (Fsp3) is 0.176. The molecule has 22 heavy (non-hydrogen) atoms. The summed E-state index contributed by atoms with van der Waals surface area (Å²) in [7, 11) is -3.47. The number of benzene rings is 1. The zero-order chi connectivity index (χ0) is 15.6. The Labute approximate surface area is 134 Å². The van der Waals surface area contributed by atoms with Gasteiger partial charge in [0.25, 0.3) is 10.0 Å². The highest BCUT2D eigenvalue weighted by Crippen LogP contribution is 2.25. The summed E-state index contributed by atoms with van der Waals surface area (Å²) in [5.74, 6) is 0. The Morgan fingerprint density at radius 3 is 2.36 bits per heavy atom. The van der Waals surface area contributed by atoms with E-state index in [-0.39, 0.29) is 0 Å². The highest BCUT2D eigenvalue weighted by molar-refractivity contribution is 7.90. The van der Waals surface area contributed by atoms with Crippen molar-refractivity contribution in [1.82, 2.24) is 3.97 Å². The fourth-order valence-electron chi connectivity index (χ4n) is 2.35. The van der Waals surface area contributed by atoms with Crippen LogP contribution in [0.15, 0.2) is 65.1 Å². The van der Waals surface area contributed by atoms with Crippen molar-refractivity contribution in [2.24, 2.45) is 0 Å². The summed E-state index contributed by atoms with van der Waals surface area (Å²) in [4.78, 5) is 1.33. The Morgan fingerprint density at radius 2 is 1.68 bits per heavy atom. The molecule has 3 aromatic rings. The van der Waals surface area contributed by atoms with Gasteiger partial charge in [-0.15, -0.1) is 11.3 Å². The average molecular weight is 331 g/mol. The molecule has 0 fully saturated rings. The van der Waals surface area contributed by atoms with Gasteiger partial charge in [0, 0.05) is 17.3 Å². The van der Waals surface area contributed by atoms with Crippen LogP contribution in [-0.2, 0) is 22.9 Å². The van der Waals surface area contributed by atoms with E-state index >= 15 is 0 Å². The van der Waals surface area contributed by atoms with Gasteiger partial charge < -0.3 is 0 Å². The molecule has 0 bridgehead atoms. The SMILES string of the molecule is Cc1ccc(CCc2sccc2S(=O)(=O)n2cccc2)cc1. The number of hydrogen-bond donors (Lipinski definition) is 0. The van der Waals surface area contributed by atoms with E-state index in [2.05, 4.69) is 31.2 Å². The molecule has 0 saturated carbocycles. The molecule has 0 aliphatic rings. The number of rotatable bonds is 5. The molecule has 114 valence electrons. The van der Waals surface area contributed by atoms with E-state index in [0.717, 1.165) is 17.7 Å². The molecule has 2 heterocycles. The van der Waals surface area contributed by atoms with E-state index < -0.39 is 10.0 Å². The largest absolute Gasteiger partial charge is 0.268 e. The molecular weight excluding hydrogens is 314 g/mol. The van der Waals surface area contributed by atoms with Crippen molar-refractivity contribution in [3.8, 4) is 0 Å². The van der Waals surface area contributed by atoms with E-state index in [1.54, 1.807) is 30.6 Å². The predicted molar refractivity (Wildman–Crippen MR) is 89.9 cm³/mol. The van der Waals surface area contributed by atoms with Gasteiger partial charge in [0.1, 0.15) is 4.90 Å². The van der Waals surface area contributed by atoms with Crippen LogP contribution >= 0.6 is 11.3 Å². The average Bonchev–Trinajstić information content (AvgIpc) is 3.18. The molecule has 0 saturated heterocycles. The Hall–Kier alpha value is -1.85. The van der Waals surface area contributed by atoms with Gasteiger partial charge in [-0.3, -0.25) is 0 Å². The molecular formula is C17H17NO2S2. The van der Waals surface area contributed by atoms with Crippen molar-refractivity contribution in [1.29, 1.82) is 0 Å². The van der Waals surface area contributed by atoms with Crippen molar-refractivity contribution in [2.75, 3.05) is 0 Å². The second-order valence-corrected chi connectivity index (χ2v) is 8.02. The van der Waals surface area contributed by atoms with Gasteiger partial charge in [-0.25, -0.2) is 12.4 Å². The predicted octanol–water partition coefficient (Wildman–Crippen LogP) is 3.88. The second kappa shape index (κ2) is 6.10. The van der Waals surface area contributed by atoms with E-state index in [9.17, 15) is 8.42 Å². The van der Waals surface area contributed by atoms with Crippen molar-refractivity contribution in [3.05, 3.63) is 76.2 Å². The number of thiophene rings is 1. The molecule has 0 N–H and O–H groups in total. The lowest BCUT2D eigenvalue weighted by atomic mass is 10.1. The molecule has 0 aliphatic heterocycles. The molecule has 5 heteroatoms. The number of aromatic nitrogens is 1. The normalized spacial score (nSPS) is 11.7. The van der Waals surface area contributed by atoms with Crippen LogP contribution < -0.4 is 0 Å². The molecule has 0 amide bonds. The van der Waals surface area contributed by atoms with E-state index in [0.29, 0.717) is 4.90 Å². The standard InChI is InChI=1S/C17H17NO2S2/c1-14-4-6-15(7-5-14)8-9-16-17(10-13-21-16)22(19,20)18-11-2-3-12-18/h2-7,10-13H,8-9H2,1H3. The molecule has 2 aromatic heterocycles. The van der Waals surface area contributed by atoms with Crippen molar-refractivity contribution >= 4 is 21.4 Å². The van der Waals surface area contributed by atoms with Gasteiger partial charge >= 0.3 is 0 Å². The first-order valence-corrected chi connectivity index (χ1v) is 9.40. The van der Waals surface area contributed by atoms with E-state index in [1.807, 2.05) is 5.38 Å². The van der Waals surface area contributed by atoms with Gasteiger partial charge in [0.15, 0.2) is 0 Å². The van der Waals surface area contributed by atoms with E-state index in [4.69, 9.17) is 0 Å². The summed E-state index contributed by atoms with van der Waals surface area (Å²) in [5, 5.41) is 1.85. The molecule has 0 radical (unpaired) electrons. The highest BCUT2D eigenvalue weighted by atomic mass is 32.2. The third kappa shape index (κ3) is 3.00. The Balaban J connectivity index is 1.82. The van der Waals surface area contributed by atoms with Gasteiger partial charge in [0.2, 0.25) is 0 Å². The molecule has 3 nitrogen and oxygen atoms in total. The lowest BCUT2D eigenvalue weighted by Crippen LogP contribution is -2.11. The van der Waals surface area contributed by atoms with Crippen LogP contribution in [0.2, 0.25) is 0 Å². The molecule has 3 rings (SSSR count). The molecule has 0 unspecified atom stereocenters. The Kier molecular flexibility index (Phi) is 4.18. The monoisotopic (exact) mass is 331 g/mol. The molecule has 0 atom stereocenters. The van der Waals surface area contributed by atoms with Gasteiger partial charge in [-0.1, -0.05) is 29.8 Å². The van der Waals surface area contributed by atoms with Crippen molar-refractivity contribution < 1.29 is 8.42 Å². The molecule has 0 aliphatic carbocycles. The summed E-state index contributed by atoms with van der Waals surface area (Å²) in [6, 6.07) is 13.5. The third-order valence-corrected chi connectivity index (χ3v) is 6.45. The third-order valence-electron chi connectivity index (χ3n) is 3.60. The van der Waals surface area contributed by atoms with Crippen LogP contribution in [0.4, 0.5) is 0 Å². The Morgan fingerprint density at radius 1 is 1.00 bits per heavy atom. The van der Waals surface area contributed by atoms with Crippen LogP contribution in [0.25, 0.3) is 0 Å². The summed E-state index contributed by atoms with van der Waals surface area (Å²) < 4.78 is 26.5. The molecule has 0 spiro atoms. The first kappa shape index (κ1) is 15.1. The summed E-state index contributed by atoms with van der Waals surface area (Å²) in [5.41, 5.74) is 2.46. The minimum Gasteiger partial charge on any atom is -0.249 e. The maximum absolute atomic E-state index is 12.6. The zero-order valence-corrected chi connectivity index (χ0v) is 13.9. The lowest BCUT2D eigenvalue weighted by molar-refractivity contribution is 0.587. The summed E-state index contributed by atoms with van der Waals surface area (Å²) in [6.45, 7) is 2.06. The summed E-state index contributed by atoms with van der Waals surface area (Å²) >= 11 is 1.50. The quantitative estimate of drug-likeness (QED) is 0.712. The van der Waals surface area contributed by atoms with Crippen LogP contribution in [0.3, 0.4) is 0 Å². The summed E-state index contributed by atoms with van der Waals surface area (Å²) in [6.07, 6.45) is 4.71. The maximum Gasteiger partial charge on any atom is 0.268 e. The first-order valence-electron chi connectivity index (χ1n) is 7.08. The zero-order valence-electron chi connectivity index (χ0n) is 12.3. The van der Waals surface area contributed by atoms with E-state index in [1.165, 1.54) is 26.4 Å². The fourth-order valence-corrected chi connectivity index (χ4v) is 4.98. The van der Waals surface area contributed by atoms with Crippen molar-refractivity contribution in [2.45, 2.75) is 24.7 Å². The van der Waals surface area contributed by atoms with Gasteiger partial charge in [-0.2, -0.15) is 0 Å². The topological polar surface area (TPSA) is 39.1 Å². The minimum absolute atomic E-state index is 0.417. The molecule has 1 aromatic carbocycles. The number of hydrogen-bond acceptors (Lipinski definition) is 3. The number of aryl methyl sites for hydroxylation is 3. The van der Waals surface area contributed by atoms with Gasteiger partial charge in [0.05, 0.1) is 0 Å². The highest BCUT2D eigenvalue weighted by Gasteiger charge is 2.20. The minimum atomic E-state index is -3.47. The van der Waals surface area contributed by atoms with Crippen LogP contribution in [0.1, 0.15) is 16.0 Å². The van der Waals surface area contributed by atoms with Gasteiger partial charge in [-0.05, 0) is 48.9 Å². The number of nitrogens with zero attached hydrogens (tertiary/aromatic N) is 1. The van der Waals surface area contributed by atoms with Crippen LogP contribution in [0.5, 0.6) is 0 Å². The second-order valence-electron chi connectivity index (χ2n) is 5.21. The van der Waals surface area contributed by atoms with Crippen LogP contribution in [-0.4, -0.2) is 12.4 Å². The maximum atomic E-state index is 12.6. The van der Waals surface area contributed by atoms with Crippen molar-refractivity contribution in [3.63, 3.8) is 0 Å². The first-order chi connectivity index (χ1) is 10.6. The van der Waals surface area contributed by atoms with Crippen LogP contribution in [0, 0.1) is 6.92 Å². The lowest BCUT2D eigenvalue weighted by Gasteiger charge is -2.07.